The molecule has 0 spiro atoms. The Morgan fingerprint density at radius 2 is 0.852 bits per heavy atom. The first kappa shape index (κ1) is 26.8. The van der Waals surface area contributed by atoms with Gasteiger partial charge >= 0.3 is 0 Å². The van der Waals surface area contributed by atoms with Crippen molar-refractivity contribution in [3.63, 3.8) is 0 Å². The van der Waals surface area contributed by atoms with Gasteiger partial charge in [0.15, 0.2) is 0 Å². The fraction of sp³-hybridized carbons (Fsp3) is 1.00. The predicted molar refractivity (Wildman–Crippen MR) is 114 cm³/mol. The molecule has 0 bridgehead atoms. The number of rotatable bonds is 22. The minimum atomic E-state index is -0.894. The van der Waals surface area contributed by atoms with Crippen LogP contribution in [0.25, 0.3) is 0 Å². The van der Waals surface area contributed by atoms with Crippen molar-refractivity contribution in [2.75, 3.05) is 33.0 Å². The maximum atomic E-state index is 9.22. The van der Waals surface area contributed by atoms with Gasteiger partial charge in [-0.1, -0.05) is 103 Å². The van der Waals surface area contributed by atoms with Gasteiger partial charge in [-0.05, 0) is 6.42 Å². The van der Waals surface area contributed by atoms with E-state index in [0.29, 0.717) is 6.61 Å². The molecular formula is C23H48O4. The summed E-state index contributed by atoms with van der Waals surface area (Å²) in [6.45, 7) is 2.38. The van der Waals surface area contributed by atoms with E-state index < -0.39 is 5.41 Å². The largest absolute Gasteiger partial charge is 0.396 e. The Morgan fingerprint density at radius 1 is 0.519 bits per heavy atom. The van der Waals surface area contributed by atoms with Gasteiger partial charge in [-0.3, -0.25) is 0 Å². The van der Waals surface area contributed by atoms with Crippen molar-refractivity contribution in [1.82, 2.24) is 0 Å². The number of hydrogen-bond acceptors (Lipinski definition) is 4. The number of aliphatic hydroxyl groups excluding tert-OH is 3. The summed E-state index contributed by atoms with van der Waals surface area (Å²) in [5.74, 6) is 0. The summed E-state index contributed by atoms with van der Waals surface area (Å²) in [7, 11) is 0. The lowest BCUT2D eigenvalue weighted by molar-refractivity contribution is -0.0582. The minimum absolute atomic E-state index is 0.218. The molecule has 4 heteroatoms. The summed E-state index contributed by atoms with van der Waals surface area (Å²) in [5.41, 5.74) is -0.894. The summed E-state index contributed by atoms with van der Waals surface area (Å²) in [6, 6.07) is 0. The molecule has 0 heterocycles. The molecule has 0 aromatic carbocycles. The second-order valence-electron chi connectivity index (χ2n) is 8.33. The second kappa shape index (κ2) is 20.6. The highest BCUT2D eigenvalue weighted by molar-refractivity contribution is 4.76. The van der Waals surface area contributed by atoms with Gasteiger partial charge in [-0.25, -0.2) is 0 Å². The summed E-state index contributed by atoms with van der Waals surface area (Å²) >= 11 is 0. The fourth-order valence-electron chi connectivity index (χ4n) is 3.33. The van der Waals surface area contributed by atoms with E-state index in [0.717, 1.165) is 6.42 Å². The molecule has 0 aliphatic heterocycles. The van der Waals surface area contributed by atoms with E-state index in [1.165, 1.54) is 96.3 Å². The quantitative estimate of drug-likeness (QED) is 0.222. The molecule has 0 aromatic heterocycles. The normalized spacial score (nSPS) is 12.0. The van der Waals surface area contributed by atoms with Crippen molar-refractivity contribution in [1.29, 1.82) is 0 Å². The molecule has 0 saturated heterocycles. The van der Waals surface area contributed by atoms with Gasteiger partial charge < -0.3 is 20.1 Å². The predicted octanol–water partition coefficient (Wildman–Crippen LogP) is 5.23. The van der Waals surface area contributed by atoms with Crippen molar-refractivity contribution in [3.8, 4) is 0 Å². The van der Waals surface area contributed by atoms with Crippen LogP contribution >= 0.6 is 0 Å². The van der Waals surface area contributed by atoms with Gasteiger partial charge in [0.05, 0.1) is 31.8 Å². The number of aliphatic hydroxyl groups is 3. The SMILES string of the molecule is CCCCCCCCCCCCCCCCCCOCC(CO)(CO)CO. The Labute approximate surface area is 168 Å². The van der Waals surface area contributed by atoms with Crippen molar-refractivity contribution in [2.45, 2.75) is 110 Å². The molecule has 0 saturated carbocycles. The minimum Gasteiger partial charge on any atom is -0.396 e. The van der Waals surface area contributed by atoms with Crippen molar-refractivity contribution >= 4 is 0 Å². The number of hydrogen-bond donors (Lipinski definition) is 3. The zero-order valence-electron chi connectivity index (χ0n) is 18.1. The maximum absolute atomic E-state index is 9.22. The van der Waals surface area contributed by atoms with Gasteiger partial charge in [0.1, 0.15) is 0 Å². The molecule has 0 aliphatic rings. The smallest absolute Gasteiger partial charge is 0.0629 e. The third-order valence-corrected chi connectivity index (χ3v) is 5.56. The molecule has 0 radical (unpaired) electrons. The third kappa shape index (κ3) is 16.5. The van der Waals surface area contributed by atoms with Crippen molar-refractivity contribution < 1.29 is 20.1 Å². The van der Waals surface area contributed by atoms with Crippen molar-refractivity contribution in [3.05, 3.63) is 0 Å². The van der Waals surface area contributed by atoms with Crippen LogP contribution < -0.4 is 0 Å². The highest BCUT2D eigenvalue weighted by Crippen LogP contribution is 2.16. The number of ether oxygens (including phenoxy) is 1. The third-order valence-electron chi connectivity index (χ3n) is 5.56. The van der Waals surface area contributed by atoms with Gasteiger partial charge in [-0.15, -0.1) is 0 Å². The van der Waals surface area contributed by atoms with Crippen LogP contribution in [0.3, 0.4) is 0 Å². The van der Waals surface area contributed by atoms with Crippen molar-refractivity contribution in [2.24, 2.45) is 5.41 Å². The van der Waals surface area contributed by atoms with Crippen LogP contribution in [-0.4, -0.2) is 48.4 Å². The standard InChI is InChI=1S/C23H48O4/c1-2-3-4-5-6-7-8-9-10-11-12-13-14-15-16-17-18-27-22-23(19-24,20-25)21-26/h24-26H,2-22H2,1H3. The van der Waals surface area contributed by atoms with Gasteiger partial charge in [0.25, 0.3) is 0 Å². The average Bonchev–Trinajstić information content (AvgIpc) is 2.70. The lowest BCUT2D eigenvalue weighted by Crippen LogP contribution is -2.38. The maximum Gasteiger partial charge on any atom is 0.0629 e. The lowest BCUT2D eigenvalue weighted by Gasteiger charge is -2.26. The van der Waals surface area contributed by atoms with Crippen LogP contribution in [0.4, 0.5) is 0 Å². The van der Waals surface area contributed by atoms with Crippen LogP contribution in [0.15, 0.2) is 0 Å². The van der Waals surface area contributed by atoms with E-state index in [4.69, 9.17) is 4.74 Å². The Bertz CT molecular complexity index is 271. The molecule has 0 fully saturated rings. The Kier molecular flexibility index (Phi) is 20.4. The Morgan fingerprint density at radius 3 is 1.19 bits per heavy atom. The lowest BCUT2D eigenvalue weighted by atomic mass is 9.93. The molecule has 164 valence electrons. The summed E-state index contributed by atoms with van der Waals surface area (Å²) < 4.78 is 5.51. The van der Waals surface area contributed by atoms with Crippen LogP contribution in [0.1, 0.15) is 110 Å². The first-order valence-corrected chi connectivity index (χ1v) is 11.6. The van der Waals surface area contributed by atoms with Crippen LogP contribution in [-0.2, 0) is 4.74 Å². The molecule has 0 rings (SSSR count). The van der Waals surface area contributed by atoms with E-state index in [1.54, 1.807) is 0 Å². The van der Waals surface area contributed by atoms with Gasteiger partial charge in [0.2, 0.25) is 0 Å². The highest BCUT2D eigenvalue weighted by Gasteiger charge is 2.28. The van der Waals surface area contributed by atoms with Gasteiger partial charge in [0, 0.05) is 6.61 Å². The zero-order chi connectivity index (χ0) is 20.1. The average molecular weight is 389 g/mol. The monoisotopic (exact) mass is 388 g/mol. The highest BCUT2D eigenvalue weighted by atomic mass is 16.5. The molecular weight excluding hydrogens is 340 g/mol. The van der Waals surface area contributed by atoms with Gasteiger partial charge in [-0.2, -0.15) is 0 Å². The summed E-state index contributed by atoms with van der Waals surface area (Å²) in [4.78, 5) is 0. The Hall–Kier alpha value is -0.160. The summed E-state index contributed by atoms with van der Waals surface area (Å²) in [5, 5.41) is 27.7. The molecule has 0 amide bonds. The van der Waals surface area contributed by atoms with Crippen LogP contribution in [0.5, 0.6) is 0 Å². The molecule has 3 N–H and O–H groups in total. The first-order chi connectivity index (χ1) is 13.2. The topological polar surface area (TPSA) is 69.9 Å². The second-order valence-corrected chi connectivity index (χ2v) is 8.33. The number of unbranched alkanes of at least 4 members (excludes halogenated alkanes) is 15. The van der Waals surface area contributed by atoms with E-state index in [2.05, 4.69) is 6.92 Å². The first-order valence-electron chi connectivity index (χ1n) is 11.6. The fourth-order valence-corrected chi connectivity index (χ4v) is 3.33. The molecule has 0 atom stereocenters. The van der Waals surface area contributed by atoms with E-state index in [9.17, 15) is 15.3 Å². The Balaban J connectivity index is 3.19. The van der Waals surface area contributed by atoms with E-state index in [1.807, 2.05) is 0 Å². The van der Waals surface area contributed by atoms with E-state index >= 15 is 0 Å². The van der Waals surface area contributed by atoms with Crippen LogP contribution in [0.2, 0.25) is 0 Å². The molecule has 0 aliphatic carbocycles. The molecule has 0 aromatic rings. The van der Waals surface area contributed by atoms with E-state index in [-0.39, 0.29) is 26.4 Å². The molecule has 27 heavy (non-hydrogen) atoms. The van der Waals surface area contributed by atoms with Crippen LogP contribution in [0, 0.1) is 5.41 Å². The molecule has 0 unspecified atom stereocenters. The summed E-state index contributed by atoms with van der Waals surface area (Å²) in [6.07, 6.45) is 21.6. The zero-order valence-corrected chi connectivity index (χ0v) is 18.1. The molecule has 4 nitrogen and oxygen atoms in total.